The molecule has 1 aromatic rings. The highest BCUT2D eigenvalue weighted by Gasteiger charge is 2.18. The van der Waals surface area contributed by atoms with Gasteiger partial charge in [0.2, 0.25) is 0 Å². The summed E-state index contributed by atoms with van der Waals surface area (Å²) in [6, 6.07) is 1.36. The molecule has 0 aliphatic carbocycles. The van der Waals surface area contributed by atoms with Crippen LogP contribution in [0, 0.1) is 5.92 Å². The molecule has 1 amide bonds. The molecule has 0 aromatic carbocycles. The van der Waals surface area contributed by atoms with Crippen molar-refractivity contribution in [3.63, 3.8) is 0 Å². The molecule has 1 aromatic heterocycles. The van der Waals surface area contributed by atoms with Crippen molar-refractivity contribution in [3.05, 3.63) is 34.2 Å². The average Bonchev–Trinajstić information content (AvgIpc) is 2.34. The number of aromatic nitrogens is 1. The van der Waals surface area contributed by atoms with E-state index in [1.807, 2.05) is 13.8 Å². The monoisotopic (exact) mass is 251 g/mol. The van der Waals surface area contributed by atoms with E-state index >= 15 is 0 Å². The van der Waals surface area contributed by atoms with Gasteiger partial charge in [0.1, 0.15) is 5.56 Å². The van der Waals surface area contributed by atoms with Crippen molar-refractivity contribution in [2.24, 2.45) is 11.7 Å². The molecule has 0 radical (unpaired) electrons. The molecule has 1 heterocycles. The molecular formula is C13H21N3O2. The zero-order valence-corrected chi connectivity index (χ0v) is 11.0. The Morgan fingerprint density at radius 1 is 1.50 bits per heavy atom. The Bertz CT molecular complexity index is 440. The number of rotatable bonds is 6. The SMILES string of the molecule is CC(C)CN(CCCN)C(=O)c1c[nH]ccc1=O. The minimum absolute atomic E-state index is 0.190. The number of amides is 1. The fourth-order valence-electron chi connectivity index (χ4n) is 1.75. The summed E-state index contributed by atoms with van der Waals surface area (Å²) in [6.07, 6.45) is 3.72. The van der Waals surface area contributed by atoms with Gasteiger partial charge in [0, 0.05) is 31.5 Å². The predicted molar refractivity (Wildman–Crippen MR) is 71.5 cm³/mol. The quantitative estimate of drug-likeness (QED) is 0.785. The summed E-state index contributed by atoms with van der Waals surface area (Å²) in [7, 11) is 0. The first-order chi connectivity index (χ1) is 8.56. The molecule has 0 unspecified atom stereocenters. The molecule has 100 valence electrons. The molecule has 0 fully saturated rings. The van der Waals surface area contributed by atoms with Crippen LogP contribution in [0.2, 0.25) is 0 Å². The Morgan fingerprint density at radius 2 is 2.22 bits per heavy atom. The number of pyridine rings is 1. The topological polar surface area (TPSA) is 79.2 Å². The second-order valence-corrected chi connectivity index (χ2v) is 4.71. The molecule has 0 atom stereocenters. The summed E-state index contributed by atoms with van der Waals surface area (Å²) in [5.41, 5.74) is 5.41. The van der Waals surface area contributed by atoms with Gasteiger partial charge in [-0.25, -0.2) is 0 Å². The number of nitrogens with two attached hydrogens (primary N) is 1. The van der Waals surface area contributed by atoms with Gasteiger partial charge in [0.05, 0.1) is 0 Å². The Hall–Kier alpha value is -1.62. The van der Waals surface area contributed by atoms with Gasteiger partial charge in [0.25, 0.3) is 5.91 Å². The summed E-state index contributed by atoms with van der Waals surface area (Å²) in [5, 5.41) is 0. The summed E-state index contributed by atoms with van der Waals surface area (Å²) in [4.78, 5) is 28.4. The van der Waals surface area contributed by atoms with E-state index in [1.165, 1.54) is 18.5 Å². The lowest BCUT2D eigenvalue weighted by Gasteiger charge is -2.24. The van der Waals surface area contributed by atoms with Crippen LogP contribution in [0.4, 0.5) is 0 Å². The zero-order chi connectivity index (χ0) is 13.5. The number of nitrogens with zero attached hydrogens (tertiary/aromatic N) is 1. The van der Waals surface area contributed by atoms with Crippen LogP contribution in [-0.2, 0) is 0 Å². The maximum absolute atomic E-state index is 12.3. The summed E-state index contributed by atoms with van der Waals surface area (Å²) in [5.74, 6) is 0.133. The van der Waals surface area contributed by atoms with Crippen LogP contribution in [0.1, 0.15) is 30.6 Å². The normalized spacial score (nSPS) is 10.7. The molecule has 0 saturated heterocycles. The van der Waals surface area contributed by atoms with Crippen LogP contribution < -0.4 is 11.2 Å². The van der Waals surface area contributed by atoms with Crippen molar-refractivity contribution in [2.45, 2.75) is 20.3 Å². The summed E-state index contributed by atoms with van der Waals surface area (Å²) >= 11 is 0. The third kappa shape index (κ3) is 4.00. The Morgan fingerprint density at radius 3 is 2.78 bits per heavy atom. The van der Waals surface area contributed by atoms with Crippen LogP contribution >= 0.6 is 0 Å². The van der Waals surface area contributed by atoms with Crippen molar-refractivity contribution in [1.82, 2.24) is 9.88 Å². The Balaban J connectivity index is 2.88. The number of carbonyl (C=O) groups excluding carboxylic acids is 1. The van der Waals surface area contributed by atoms with E-state index in [4.69, 9.17) is 5.73 Å². The highest BCUT2D eigenvalue weighted by atomic mass is 16.2. The van der Waals surface area contributed by atoms with Gasteiger partial charge in [-0.1, -0.05) is 13.8 Å². The first-order valence-corrected chi connectivity index (χ1v) is 6.22. The predicted octanol–water partition coefficient (Wildman–Crippen LogP) is 0.822. The van der Waals surface area contributed by atoms with E-state index in [0.29, 0.717) is 25.6 Å². The number of nitrogens with one attached hydrogen (secondary N) is 1. The number of carbonyl (C=O) groups is 1. The number of hydrogen-bond acceptors (Lipinski definition) is 3. The van der Waals surface area contributed by atoms with Crippen LogP contribution in [0.15, 0.2) is 23.3 Å². The van der Waals surface area contributed by atoms with Gasteiger partial charge in [-0.2, -0.15) is 0 Å². The van der Waals surface area contributed by atoms with Crippen LogP contribution in [0.25, 0.3) is 0 Å². The van der Waals surface area contributed by atoms with Gasteiger partial charge < -0.3 is 15.6 Å². The third-order valence-electron chi connectivity index (χ3n) is 2.56. The van der Waals surface area contributed by atoms with E-state index in [0.717, 1.165) is 6.42 Å². The number of H-pyrrole nitrogens is 1. The zero-order valence-electron chi connectivity index (χ0n) is 11.0. The van der Waals surface area contributed by atoms with E-state index in [1.54, 1.807) is 4.90 Å². The van der Waals surface area contributed by atoms with Gasteiger partial charge in [-0.15, -0.1) is 0 Å². The molecule has 0 spiro atoms. The lowest BCUT2D eigenvalue weighted by Crippen LogP contribution is -2.38. The lowest BCUT2D eigenvalue weighted by molar-refractivity contribution is 0.0733. The number of hydrogen-bond donors (Lipinski definition) is 2. The van der Waals surface area contributed by atoms with Crippen LogP contribution in [0.5, 0.6) is 0 Å². The van der Waals surface area contributed by atoms with Gasteiger partial charge in [-0.3, -0.25) is 9.59 Å². The molecule has 5 heteroatoms. The first-order valence-electron chi connectivity index (χ1n) is 6.22. The third-order valence-corrected chi connectivity index (χ3v) is 2.56. The first kappa shape index (κ1) is 14.4. The minimum Gasteiger partial charge on any atom is -0.367 e. The summed E-state index contributed by atoms with van der Waals surface area (Å²) in [6.45, 7) is 5.83. The maximum Gasteiger partial charge on any atom is 0.259 e. The molecular weight excluding hydrogens is 230 g/mol. The molecule has 3 N–H and O–H groups in total. The van der Waals surface area contributed by atoms with E-state index < -0.39 is 0 Å². The lowest BCUT2D eigenvalue weighted by atomic mass is 10.1. The standard InChI is InChI=1S/C13H21N3O2/c1-10(2)9-16(7-3-5-14)13(18)11-8-15-6-4-12(11)17/h4,6,8,10H,3,5,7,9,14H2,1-2H3,(H,15,17). The highest BCUT2D eigenvalue weighted by molar-refractivity contribution is 5.93. The number of aromatic amines is 1. The second kappa shape index (κ2) is 6.96. The van der Waals surface area contributed by atoms with Gasteiger partial charge >= 0.3 is 0 Å². The minimum atomic E-state index is -0.250. The smallest absolute Gasteiger partial charge is 0.259 e. The molecule has 0 aliphatic rings. The fraction of sp³-hybridized carbons (Fsp3) is 0.538. The van der Waals surface area contributed by atoms with E-state index in [9.17, 15) is 9.59 Å². The maximum atomic E-state index is 12.3. The molecule has 5 nitrogen and oxygen atoms in total. The molecule has 0 saturated carbocycles. The van der Waals surface area contributed by atoms with Crippen molar-refractivity contribution < 1.29 is 4.79 Å². The molecule has 1 rings (SSSR count). The van der Waals surface area contributed by atoms with E-state index in [-0.39, 0.29) is 16.9 Å². The van der Waals surface area contributed by atoms with Crippen LogP contribution in [0.3, 0.4) is 0 Å². The van der Waals surface area contributed by atoms with Crippen LogP contribution in [-0.4, -0.2) is 35.4 Å². The second-order valence-electron chi connectivity index (χ2n) is 4.71. The average molecular weight is 251 g/mol. The Labute approximate surface area is 107 Å². The van der Waals surface area contributed by atoms with Gasteiger partial charge in [0.15, 0.2) is 5.43 Å². The molecule has 0 bridgehead atoms. The van der Waals surface area contributed by atoms with Crippen molar-refractivity contribution in [2.75, 3.05) is 19.6 Å². The molecule has 0 aliphatic heterocycles. The summed E-state index contributed by atoms with van der Waals surface area (Å²) < 4.78 is 0. The van der Waals surface area contributed by atoms with Gasteiger partial charge in [-0.05, 0) is 18.9 Å². The Kier molecular flexibility index (Phi) is 5.58. The van der Waals surface area contributed by atoms with Crippen molar-refractivity contribution in [3.8, 4) is 0 Å². The van der Waals surface area contributed by atoms with Crippen molar-refractivity contribution >= 4 is 5.91 Å². The highest BCUT2D eigenvalue weighted by Crippen LogP contribution is 2.04. The van der Waals surface area contributed by atoms with Crippen molar-refractivity contribution in [1.29, 1.82) is 0 Å². The molecule has 18 heavy (non-hydrogen) atoms. The fourth-order valence-corrected chi connectivity index (χ4v) is 1.75. The largest absolute Gasteiger partial charge is 0.367 e. The van der Waals surface area contributed by atoms with E-state index in [2.05, 4.69) is 4.98 Å².